The van der Waals surface area contributed by atoms with E-state index in [0.717, 1.165) is 12.8 Å². The topological polar surface area (TPSA) is 0 Å². The van der Waals surface area contributed by atoms with Crippen LogP contribution in [-0.2, 0) is 5.41 Å². The fourth-order valence-electron chi connectivity index (χ4n) is 3.79. The van der Waals surface area contributed by atoms with E-state index in [-0.39, 0.29) is 5.41 Å². The van der Waals surface area contributed by atoms with Gasteiger partial charge in [0.05, 0.1) is 0 Å². The summed E-state index contributed by atoms with van der Waals surface area (Å²) < 4.78 is 2.39. The molecule has 0 aromatic heterocycles. The van der Waals surface area contributed by atoms with Crippen LogP contribution in [0.3, 0.4) is 0 Å². The molecule has 20 heavy (non-hydrogen) atoms. The third-order valence-corrected chi connectivity index (χ3v) is 6.22. The standard InChI is InChI=1S/C18H18Br2/c1-4-18(5-2)15-10-12(19)6-7-13(15)14-8-9-16(20)11(3)17(14)18/h6-10H,4-5H2,1-3H3. The molecule has 0 radical (unpaired) electrons. The van der Waals surface area contributed by atoms with E-state index in [2.05, 4.69) is 83.0 Å². The number of halogens is 2. The lowest BCUT2D eigenvalue weighted by molar-refractivity contribution is 0.487. The Labute approximate surface area is 137 Å². The second-order valence-corrected chi connectivity index (χ2v) is 7.34. The first-order chi connectivity index (χ1) is 9.55. The zero-order chi connectivity index (χ0) is 14.5. The number of hydrogen-bond acceptors (Lipinski definition) is 0. The average molecular weight is 394 g/mol. The highest BCUT2D eigenvalue weighted by Crippen LogP contribution is 2.55. The van der Waals surface area contributed by atoms with Gasteiger partial charge in [-0.1, -0.05) is 57.8 Å². The van der Waals surface area contributed by atoms with E-state index in [1.165, 1.54) is 36.8 Å². The highest BCUT2D eigenvalue weighted by molar-refractivity contribution is 9.10. The Balaban J connectivity index is 2.44. The third kappa shape index (κ3) is 1.77. The van der Waals surface area contributed by atoms with Crippen LogP contribution in [0.2, 0.25) is 0 Å². The maximum absolute atomic E-state index is 3.71. The van der Waals surface area contributed by atoms with Crippen LogP contribution in [0.1, 0.15) is 43.4 Å². The van der Waals surface area contributed by atoms with Crippen LogP contribution in [0.5, 0.6) is 0 Å². The number of hydrogen-bond donors (Lipinski definition) is 0. The van der Waals surface area contributed by atoms with Crippen molar-refractivity contribution in [1.29, 1.82) is 0 Å². The smallest absolute Gasteiger partial charge is 0.0213 e. The Hall–Kier alpha value is -0.600. The molecule has 3 rings (SSSR count). The number of rotatable bonds is 2. The van der Waals surface area contributed by atoms with Gasteiger partial charge in [0.1, 0.15) is 0 Å². The van der Waals surface area contributed by atoms with Gasteiger partial charge < -0.3 is 0 Å². The van der Waals surface area contributed by atoms with Crippen molar-refractivity contribution in [2.24, 2.45) is 0 Å². The molecule has 0 atom stereocenters. The summed E-state index contributed by atoms with van der Waals surface area (Å²) in [5.74, 6) is 0. The number of fused-ring (bicyclic) bond motifs is 3. The first kappa shape index (κ1) is 14.3. The Morgan fingerprint density at radius 3 is 2.25 bits per heavy atom. The minimum Gasteiger partial charge on any atom is -0.0642 e. The van der Waals surface area contributed by atoms with Crippen molar-refractivity contribution >= 4 is 31.9 Å². The predicted molar refractivity (Wildman–Crippen MR) is 93.4 cm³/mol. The van der Waals surface area contributed by atoms with Gasteiger partial charge in [0, 0.05) is 14.4 Å². The van der Waals surface area contributed by atoms with Crippen molar-refractivity contribution in [3.8, 4) is 11.1 Å². The molecule has 2 heteroatoms. The SMILES string of the molecule is CCC1(CC)c2cc(Br)ccc2-c2ccc(Br)c(C)c21. The van der Waals surface area contributed by atoms with E-state index >= 15 is 0 Å². The van der Waals surface area contributed by atoms with Crippen molar-refractivity contribution in [1.82, 2.24) is 0 Å². The molecule has 104 valence electrons. The normalized spacial score (nSPS) is 15.1. The third-order valence-electron chi connectivity index (χ3n) is 4.87. The van der Waals surface area contributed by atoms with Crippen LogP contribution in [0.15, 0.2) is 39.3 Å². The summed E-state index contributed by atoms with van der Waals surface area (Å²) in [7, 11) is 0. The van der Waals surface area contributed by atoms with E-state index < -0.39 is 0 Å². The molecule has 0 saturated carbocycles. The van der Waals surface area contributed by atoms with Crippen LogP contribution < -0.4 is 0 Å². The molecule has 0 saturated heterocycles. The predicted octanol–water partition coefficient (Wildman–Crippen LogP) is 6.61. The Morgan fingerprint density at radius 1 is 0.950 bits per heavy atom. The lowest BCUT2D eigenvalue weighted by Crippen LogP contribution is -2.24. The summed E-state index contributed by atoms with van der Waals surface area (Å²) in [4.78, 5) is 0. The lowest BCUT2D eigenvalue weighted by Gasteiger charge is -2.31. The van der Waals surface area contributed by atoms with Gasteiger partial charge in [0.25, 0.3) is 0 Å². The largest absolute Gasteiger partial charge is 0.0642 e. The Morgan fingerprint density at radius 2 is 1.60 bits per heavy atom. The quantitative estimate of drug-likeness (QED) is 0.538. The fourth-order valence-corrected chi connectivity index (χ4v) is 4.49. The van der Waals surface area contributed by atoms with Crippen LogP contribution >= 0.6 is 31.9 Å². The summed E-state index contributed by atoms with van der Waals surface area (Å²) in [6.07, 6.45) is 2.27. The van der Waals surface area contributed by atoms with Crippen molar-refractivity contribution in [2.75, 3.05) is 0 Å². The molecule has 0 fully saturated rings. The van der Waals surface area contributed by atoms with Crippen LogP contribution in [-0.4, -0.2) is 0 Å². The summed E-state index contributed by atoms with van der Waals surface area (Å²) >= 11 is 7.35. The molecule has 2 aromatic carbocycles. The van der Waals surface area contributed by atoms with Crippen LogP contribution in [0.4, 0.5) is 0 Å². The van der Waals surface area contributed by atoms with Crippen LogP contribution in [0.25, 0.3) is 11.1 Å². The van der Waals surface area contributed by atoms with Gasteiger partial charge in [-0.15, -0.1) is 0 Å². The van der Waals surface area contributed by atoms with Gasteiger partial charge in [0.15, 0.2) is 0 Å². The molecular formula is C18H18Br2. The molecular weight excluding hydrogens is 376 g/mol. The van der Waals surface area contributed by atoms with Gasteiger partial charge in [-0.05, 0) is 65.8 Å². The minimum atomic E-state index is 0.155. The average Bonchev–Trinajstić information content (AvgIpc) is 2.73. The second-order valence-electron chi connectivity index (χ2n) is 5.57. The van der Waals surface area contributed by atoms with E-state index in [4.69, 9.17) is 0 Å². The fraction of sp³-hybridized carbons (Fsp3) is 0.333. The zero-order valence-electron chi connectivity index (χ0n) is 12.1. The molecule has 0 unspecified atom stereocenters. The molecule has 0 spiro atoms. The van der Waals surface area contributed by atoms with Crippen molar-refractivity contribution in [3.05, 3.63) is 56.0 Å². The maximum Gasteiger partial charge on any atom is 0.0213 e. The summed E-state index contributed by atoms with van der Waals surface area (Å²) in [6.45, 7) is 6.86. The molecule has 0 aliphatic heterocycles. The van der Waals surface area contributed by atoms with E-state index in [1.807, 2.05) is 0 Å². The lowest BCUT2D eigenvalue weighted by atomic mass is 9.72. The monoisotopic (exact) mass is 392 g/mol. The minimum absolute atomic E-state index is 0.155. The van der Waals surface area contributed by atoms with Crippen molar-refractivity contribution in [2.45, 2.75) is 39.0 Å². The molecule has 0 nitrogen and oxygen atoms in total. The molecule has 0 N–H and O–H groups in total. The highest BCUT2D eigenvalue weighted by atomic mass is 79.9. The zero-order valence-corrected chi connectivity index (χ0v) is 15.2. The number of benzene rings is 2. The molecule has 1 aliphatic rings. The summed E-state index contributed by atoms with van der Waals surface area (Å²) in [5, 5.41) is 0. The van der Waals surface area contributed by atoms with Crippen molar-refractivity contribution in [3.63, 3.8) is 0 Å². The summed E-state index contributed by atoms with van der Waals surface area (Å²) in [6, 6.07) is 11.2. The summed E-state index contributed by atoms with van der Waals surface area (Å²) in [5.41, 5.74) is 7.36. The van der Waals surface area contributed by atoms with Crippen molar-refractivity contribution < 1.29 is 0 Å². The van der Waals surface area contributed by atoms with Gasteiger partial charge >= 0.3 is 0 Å². The molecule has 2 aromatic rings. The highest BCUT2D eigenvalue weighted by Gasteiger charge is 2.41. The van der Waals surface area contributed by atoms with Gasteiger partial charge in [-0.25, -0.2) is 0 Å². The van der Waals surface area contributed by atoms with E-state index in [9.17, 15) is 0 Å². The second kappa shape index (κ2) is 4.99. The molecule has 0 heterocycles. The first-order valence-electron chi connectivity index (χ1n) is 7.15. The maximum atomic E-state index is 3.71. The molecule has 0 bridgehead atoms. The molecule has 1 aliphatic carbocycles. The first-order valence-corrected chi connectivity index (χ1v) is 8.73. The van der Waals surface area contributed by atoms with Gasteiger partial charge in [-0.3, -0.25) is 0 Å². The van der Waals surface area contributed by atoms with Crippen LogP contribution in [0, 0.1) is 6.92 Å². The van der Waals surface area contributed by atoms with Gasteiger partial charge in [0.2, 0.25) is 0 Å². The Kier molecular flexibility index (Phi) is 3.58. The van der Waals surface area contributed by atoms with Gasteiger partial charge in [-0.2, -0.15) is 0 Å². The van der Waals surface area contributed by atoms with E-state index in [0.29, 0.717) is 0 Å². The van der Waals surface area contributed by atoms with E-state index in [1.54, 1.807) is 0 Å². The molecule has 0 amide bonds. The Bertz CT molecular complexity index is 682.